The molecule has 1 fully saturated rings. The number of nitrogens with two attached hydrogens (primary N) is 1. The fourth-order valence-electron chi connectivity index (χ4n) is 2.19. The Kier molecular flexibility index (Phi) is 3.49. The van der Waals surface area contributed by atoms with Gasteiger partial charge in [0.05, 0.1) is 5.54 Å². The lowest BCUT2D eigenvalue weighted by atomic mass is 9.91. The molecule has 1 aliphatic heterocycles. The summed E-state index contributed by atoms with van der Waals surface area (Å²) in [6, 6.07) is 0. The molecular weight excluding hydrogens is 216 g/mol. The summed E-state index contributed by atoms with van der Waals surface area (Å²) in [5.41, 5.74) is 6.03. The number of hydrogen-bond acceptors (Lipinski definition) is 5. The summed E-state index contributed by atoms with van der Waals surface area (Å²) in [6.07, 6.45) is 2.90. The first-order valence-corrected chi connectivity index (χ1v) is 6.33. The molecule has 1 aliphatic rings. The van der Waals surface area contributed by atoms with E-state index in [-0.39, 0.29) is 5.92 Å². The molecular formula is C12H22N4O. The van der Waals surface area contributed by atoms with Crippen molar-refractivity contribution in [1.82, 2.24) is 15.0 Å². The topological polar surface area (TPSA) is 68.2 Å². The summed E-state index contributed by atoms with van der Waals surface area (Å²) >= 11 is 0. The quantitative estimate of drug-likeness (QED) is 0.845. The van der Waals surface area contributed by atoms with Gasteiger partial charge in [-0.3, -0.25) is 0 Å². The molecule has 17 heavy (non-hydrogen) atoms. The highest BCUT2D eigenvalue weighted by Crippen LogP contribution is 2.28. The van der Waals surface area contributed by atoms with Gasteiger partial charge in [-0.25, -0.2) is 0 Å². The maximum absolute atomic E-state index is 6.44. The van der Waals surface area contributed by atoms with Crippen molar-refractivity contribution in [3.05, 3.63) is 11.7 Å². The minimum absolute atomic E-state index is 0.258. The first kappa shape index (κ1) is 12.5. The van der Waals surface area contributed by atoms with Gasteiger partial charge in [0.2, 0.25) is 5.89 Å². The zero-order valence-electron chi connectivity index (χ0n) is 10.9. The molecule has 0 aromatic carbocycles. The van der Waals surface area contributed by atoms with Crippen LogP contribution in [-0.2, 0) is 5.54 Å². The van der Waals surface area contributed by atoms with Crippen LogP contribution in [0.25, 0.3) is 0 Å². The molecule has 0 amide bonds. The van der Waals surface area contributed by atoms with Crippen LogP contribution in [0.2, 0.25) is 0 Å². The Bertz CT molecular complexity index is 376. The van der Waals surface area contributed by atoms with E-state index in [1.807, 2.05) is 13.8 Å². The van der Waals surface area contributed by atoms with Crippen LogP contribution in [0.3, 0.4) is 0 Å². The minimum atomic E-state index is -0.415. The van der Waals surface area contributed by atoms with Crippen LogP contribution in [0.15, 0.2) is 4.52 Å². The summed E-state index contributed by atoms with van der Waals surface area (Å²) in [5.74, 6) is 1.62. The third-order valence-corrected chi connectivity index (χ3v) is 3.48. The van der Waals surface area contributed by atoms with Crippen molar-refractivity contribution >= 4 is 0 Å². The van der Waals surface area contributed by atoms with Crippen LogP contribution in [0.1, 0.15) is 50.7 Å². The van der Waals surface area contributed by atoms with E-state index >= 15 is 0 Å². The Balaban J connectivity index is 2.18. The molecule has 1 aromatic rings. The highest BCUT2D eigenvalue weighted by Gasteiger charge is 2.34. The molecule has 5 heteroatoms. The number of hydrogen-bond donors (Lipinski definition) is 1. The molecule has 0 radical (unpaired) electrons. The van der Waals surface area contributed by atoms with Crippen LogP contribution >= 0.6 is 0 Å². The van der Waals surface area contributed by atoms with Gasteiger partial charge in [0.1, 0.15) is 0 Å². The van der Waals surface area contributed by atoms with Gasteiger partial charge in [0.15, 0.2) is 5.82 Å². The second-order valence-corrected chi connectivity index (χ2v) is 5.42. The average molecular weight is 238 g/mol. The third kappa shape index (κ3) is 2.66. The fraction of sp³-hybridized carbons (Fsp3) is 0.833. The summed E-state index contributed by atoms with van der Waals surface area (Å²) in [5, 5.41) is 4.07. The van der Waals surface area contributed by atoms with Crippen LogP contribution in [0.5, 0.6) is 0 Å². The van der Waals surface area contributed by atoms with E-state index < -0.39 is 5.54 Å². The average Bonchev–Trinajstić information content (AvgIpc) is 2.70. The fourth-order valence-corrected chi connectivity index (χ4v) is 2.19. The molecule has 0 saturated carbocycles. The van der Waals surface area contributed by atoms with Crippen LogP contribution in [0.4, 0.5) is 0 Å². The van der Waals surface area contributed by atoms with E-state index in [1.54, 1.807) is 0 Å². The van der Waals surface area contributed by atoms with Gasteiger partial charge in [-0.05, 0) is 32.9 Å². The predicted molar refractivity (Wildman–Crippen MR) is 65.6 cm³/mol. The third-order valence-electron chi connectivity index (χ3n) is 3.48. The largest absolute Gasteiger partial charge is 0.339 e. The SMILES string of the molecule is CC(C)c1nc(C2(N)CCCN(C)CC2)no1. The second kappa shape index (κ2) is 4.74. The number of nitrogens with zero attached hydrogens (tertiary/aromatic N) is 3. The van der Waals surface area contributed by atoms with Gasteiger partial charge >= 0.3 is 0 Å². The Morgan fingerprint density at radius 3 is 2.76 bits per heavy atom. The van der Waals surface area contributed by atoms with E-state index in [0.717, 1.165) is 32.4 Å². The number of aromatic nitrogens is 2. The number of likely N-dealkylation sites (tertiary alicyclic amines) is 1. The van der Waals surface area contributed by atoms with Gasteiger partial charge in [0.25, 0.3) is 0 Å². The molecule has 2 rings (SSSR count). The van der Waals surface area contributed by atoms with Crippen molar-refractivity contribution in [2.24, 2.45) is 5.73 Å². The van der Waals surface area contributed by atoms with Gasteiger partial charge < -0.3 is 15.2 Å². The highest BCUT2D eigenvalue weighted by atomic mass is 16.5. The highest BCUT2D eigenvalue weighted by molar-refractivity contribution is 5.06. The molecule has 0 bridgehead atoms. The van der Waals surface area contributed by atoms with Crippen LogP contribution in [-0.4, -0.2) is 35.2 Å². The van der Waals surface area contributed by atoms with Crippen molar-refractivity contribution in [1.29, 1.82) is 0 Å². The summed E-state index contributed by atoms with van der Waals surface area (Å²) in [6.45, 7) is 6.17. The van der Waals surface area contributed by atoms with Crippen LogP contribution < -0.4 is 5.73 Å². The first-order valence-electron chi connectivity index (χ1n) is 6.33. The molecule has 2 N–H and O–H groups in total. The van der Waals surface area contributed by atoms with Gasteiger partial charge in [0, 0.05) is 12.5 Å². The minimum Gasteiger partial charge on any atom is -0.339 e. The Morgan fingerprint density at radius 2 is 2.12 bits per heavy atom. The summed E-state index contributed by atoms with van der Waals surface area (Å²) in [4.78, 5) is 6.75. The Labute approximate surface area is 102 Å². The molecule has 0 spiro atoms. The van der Waals surface area contributed by atoms with E-state index in [1.165, 1.54) is 0 Å². The Morgan fingerprint density at radius 1 is 1.35 bits per heavy atom. The molecule has 1 atom stereocenters. The molecule has 2 heterocycles. The van der Waals surface area contributed by atoms with Crippen molar-refractivity contribution in [2.75, 3.05) is 20.1 Å². The Hall–Kier alpha value is -0.940. The smallest absolute Gasteiger partial charge is 0.229 e. The first-order chi connectivity index (χ1) is 8.01. The van der Waals surface area contributed by atoms with E-state index in [0.29, 0.717) is 11.7 Å². The molecule has 0 aliphatic carbocycles. The molecule has 5 nitrogen and oxygen atoms in total. The predicted octanol–water partition coefficient (Wildman–Crippen LogP) is 1.46. The van der Waals surface area contributed by atoms with Gasteiger partial charge in [-0.15, -0.1) is 0 Å². The lowest BCUT2D eigenvalue weighted by Crippen LogP contribution is -2.38. The van der Waals surface area contributed by atoms with Gasteiger partial charge in [-0.1, -0.05) is 19.0 Å². The van der Waals surface area contributed by atoms with Crippen molar-refractivity contribution in [3.63, 3.8) is 0 Å². The van der Waals surface area contributed by atoms with Gasteiger partial charge in [-0.2, -0.15) is 4.98 Å². The normalized spacial score (nSPS) is 27.4. The molecule has 1 saturated heterocycles. The zero-order valence-corrected chi connectivity index (χ0v) is 10.9. The lowest BCUT2D eigenvalue weighted by Gasteiger charge is -2.23. The van der Waals surface area contributed by atoms with Crippen molar-refractivity contribution in [2.45, 2.75) is 44.6 Å². The monoisotopic (exact) mass is 238 g/mol. The standard InChI is InChI=1S/C12H22N4O/c1-9(2)10-14-11(15-17-10)12(13)5-4-7-16(3)8-6-12/h9H,4-8,13H2,1-3H3. The van der Waals surface area contributed by atoms with E-state index in [4.69, 9.17) is 10.3 Å². The maximum atomic E-state index is 6.44. The molecule has 1 unspecified atom stereocenters. The lowest BCUT2D eigenvalue weighted by molar-refractivity contribution is 0.307. The summed E-state index contributed by atoms with van der Waals surface area (Å²) < 4.78 is 5.26. The number of rotatable bonds is 2. The maximum Gasteiger partial charge on any atom is 0.229 e. The second-order valence-electron chi connectivity index (χ2n) is 5.42. The molecule has 96 valence electrons. The molecule has 1 aromatic heterocycles. The van der Waals surface area contributed by atoms with E-state index in [9.17, 15) is 0 Å². The summed E-state index contributed by atoms with van der Waals surface area (Å²) in [7, 11) is 2.13. The van der Waals surface area contributed by atoms with E-state index in [2.05, 4.69) is 22.1 Å². The van der Waals surface area contributed by atoms with Crippen LogP contribution in [0, 0.1) is 0 Å². The van der Waals surface area contributed by atoms with Crippen molar-refractivity contribution < 1.29 is 4.52 Å². The zero-order chi connectivity index (χ0) is 12.5. The van der Waals surface area contributed by atoms with Crippen molar-refractivity contribution in [3.8, 4) is 0 Å².